The second kappa shape index (κ2) is 13.7. The number of fused-ring (bicyclic) bond motifs is 8. The first-order valence-corrected chi connectivity index (χ1v) is 21.9. The van der Waals surface area contributed by atoms with Crippen LogP contribution < -0.4 is 5.32 Å². The summed E-state index contributed by atoms with van der Waals surface area (Å²) in [5.41, 5.74) is 19.6. The Balaban J connectivity index is 0.958. The Kier molecular flexibility index (Phi) is 8.42. The lowest BCUT2D eigenvalue weighted by Gasteiger charge is -2.42. The predicted molar refractivity (Wildman–Crippen MR) is 238 cm³/mol. The molecule has 4 unspecified atom stereocenters. The van der Waals surface area contributed by atoms with E-state index in [1.54, 1.807) is 5.57 Å². The molecule has 2 saturated carbocycles. The molecule has 2 heteroatoms. The van der Waals surface area contributed by atoms with Gasteiger partial charge in [0.25, 0.3) is 0 Å². The van der Waals surface area contributed by atoms with E-state index in [2.05, 4.69) is 159 Å². The summed E-state index contributed by atoms with van der Waals surface area (Å²) in [4.78, 5) is 5.33. The van der Waals surface area contributed by atoms with Crippen molar-refractivity contribution >= 4 is 16.9 Å². The van der Waals surface area contributed by atoms with Crippen LogP contribution in [0.4, 0.5) is 0 Å². The molecule has 0 radical (unpaired) electrons. The monoisotopic (exact) mass is 742 g/mol. The Hall–Kier alpha value is -5.21. The average molecular weight is 743 g/mol. The van der Waals surface area contributed by atoms with E-state index in [4.69, 9.17) is 4.99 Å². The van der Waals surface area contributed by atoms with Gasteiger partial charge in [-0.15, -0.1) is 0 Å². The zero-order valence-corrected chi connectivity index (χ0v) is 33.6. The second-order valence-corrected chi connectivity index (χ2v) is 18.4. The molecule has 11 rings (SSSR count). The molecule has 0 bridgehead atoms. The number of benzene rings is 4. The number of nitrogens with one attached hydrogen (secondary N) is 1. The molecule has 4 aromatic rings. The Bertz CT molecular complexity index is 2460. The van der Waals surface area contributed by atoms with Crippen molar-refractivity contribution in [3.05, 3.63) is 190 Å². The molecule has 0 amide bonds. The highest BCUT2D eigenvalue weighted by molar-refractivity contribution is 6.10. The Morgan fingerprint density at radius 1 is 0.684 bits per heavy atom. The first kappa shape index (κ1) is 35.0. The maximum atomic E-state index is 5.33. The molecule has 4 atom stereocenters. The maximum Gasteiger partial charge on any atom is 0.145 e. The fourth-order valence-electron chi connectivity index (χ4n) is 12.3. The summed E-state index contributed by atoms with van der Waals surface area (Å²) in [5.74, 6) is 2.02. The molecular formula is C55H54N2. The Labute approximate surface area is 339 Å². The molecule has 1 N–H and O–H groups in total. The molecular weight excluding hydrogens is 689 g/mol. The summed E-state index contributed by atoms with van der Waals surface area (Å²) >= 11 is 0. The van der Waals surface area contributed by atoms with Crippen molar-refractivity contribution in [1.82, 2.24) is 5.32 Å². The third-order valence-electron chi connectivity index (χ3n) is 15.1. The van der Waals surface area contributed by atoms with Crippen LogP contribution in [0.25, 0.3) is 22.3 Å². The van der Waals surface area contributed by atoms with Crippen LogP contribution >= 0.6 is 0 Å². The molecule has 1 heterocycles. The normalized spacial score (nSPS) is 26.5. The van der Waals surface area contributed by atoms with E-state index in [-0.39, 0.29) is 11.6 Å². The van der Waals surface area contributed by atoms with Crippen LogP contribution in [-0.2, 0) is 5.41 Å². The molecule has 0 aromatic heterocycles. The minimum Gasteiger partial charge on any atom is -0.360 e. The van der Waals surface area contributed by atoms with E-state index in [0.717, 1.165) is 30.0 Å². The lowest BCUT2D eigenvalue weighted by molar-refractivity contribution is 0.184. The van der Waals surface area contributed by atoms with Gasteiger partial charge in [0.15, 0.2) is 0 Å². The number of rotatable bonds is 5. The predicted octanol–water partition coefficient (Wildman–Crippen LogP) is 13.7. The van der Waals surface area contributed by atoms with Crippen LogP contribution in [0.3, 0.4) is 0 Å². The topological polar surface area (TPSA) is 24.4 Å². The summed E-state index contributed by atoms with van der Waals surface area (Å²) in [6, 6.07) is 37.9. The lowest BCUT2D eigenvalue weighted by Crippen LogP contribution is -2.32. The highest BCUT2D eigenvalue weighted by Gasteiger charge is 2.57. The molecule has 2 nitrogen and oxygen atoms in total. The molecule has 7 aliphatic rings. The van der Waals surface area contributed by atoms with Crippen molar-refractivity contribution in [1.29, 1.82) is 0 Å². The molecule has 0 saturated heterocycles. The van der Waals surface area contributed by atoms with Crippen LogP contribution in [0.2, 0.25) is 0 Å². The van der Waals surface area contributed by atoms with Gasteiger partial charge in [0, 0.05) is 11.1 Å². The van der Waals surface area contributed by atoms with E-state index in [1.807, 2.05) is 5.57 Å². The smallest absolute Gasteiger partial charge is 0.145 e. The standard InChI is InChI=1S/C55H54N2/c1-54(2)47-22-14-20-42(52(47)45-34-49-44(33-48(45)54)43-19-10-11-21-46(43)55(49)31-12-5-13-32-55)38-25-29-40(30-26-38)51-35-50(56-53(57-51)41-17-8-4-9-18-41)39-27-23-37(24-28-39)36-15-6-3-7-16-36/h3-4,6-9,14-18,20-23,25-27,29-30,33-35,43-44,49,53,56H,5,10-13,19,24,28,31-32H2,1-2H3. The van der Waals surface area contributed by atoms with E-state index in [1.165, 1.54) is 107 Å². The van der Waals surface area contributed by atoms with Crippen LogP contribution in [0.15, 0.2) is 167 Å². The van der Waals surface area contributed by atoms with Gasteiger partial charge in [-0.05, 0) is 135 Å². The molecule has 284 valence electrons. The van der Waals surface area contributed by atoms with Gasteiger partial charge >= 0.3 is 0 Å². The molecule has 1 spiro atoms. The molecule has 57 heavy (non-hydrogen) atoms. The van der Waals surface area contributed by atoms with Gasteiger partial charge in [-0.1, -0.05) is 172 Å². The molecule has 4 aromatic carbocycles. The van der Waals surface area contributed by atoms with Gasteiger partial charge in [-0.2, -0.15) is 0 Å². The van der Waals surface area contributed by atoms with E-state index in [9.17, 15) is 0 Å². The maximum absolute atomic E-state index is 5.33. The summed E-state index contributed by atoms with van der Waals surface area (Å²) in [7, 11) is 0. The van der Waals surface area contributed by atoms with Gasteiger partial charge in [0.2, 0.25) is 0 Å². The van der Waals surface area contributed by atoms with Gasteiger partial charge in [0.05, 0.1) is 5.71 Å². The minimum absolute atomic E-state index is 0.00865. The van der Waals surface area contributed by atoms with E-state index in [0.29, 0.717) is 17.3 Å². The van der Waals surface area contributed by atoms with Crippen molar-refractivity contribution in [3.63, 3.8) is 0 Å². The van der Waals surface area contributed by atoms with Crippen LogP contribution in [0.1, 0.15) is 112 Å². The van der Waals surface area contributed by atoms with Crippen LogP contribution in [0, 0.1) is 23.2 Å². The van der Waals surface area contributed by atoms with Crippen molar-refractivity contribution in [2.24, 2.45) is 28.2 Å². The second-order valence-electron chi connectivity index (χ2n) is 18.4. The van der Waals surface area contributed by atoms with E-state index < -0.39 is 0 Å². The summed E-state index contributed by atoms with van der Waals surface area (Å²) < 4.78 is 0. The Morgan fingerprint density at radius 3 is 2.19 bits per heavy atom. The van der Waals surface area contributed by atoms with Crippen LogP contribution in [0.5, 0.6) is 0 Å². The number of allylic oxidation sites excluding steroid dienone is 11. The fraction of sp³-hybridized carbons (Fsp3) is 0.327. The first-order valence-electron chi connectivity index (χ1n) is 21.9. The summed E-state index contributed by atoms with van der Waals surface area (Å²) in [6.07, 6.45) is 28.1. The largest absolute Gasteiger partial charge is 0.360 e. The van der Waals surface area contributed by atoms with Gasteiger partial charge in [-0.3, -0.25) is 4.99 Å². The number of hydrogen-bond donors (Lipinski definition) is 1. The highest BCUT2D eigenvalue weighted by Crippen LogP contribution is 2.67. The number of nitrogens with zero attached hydrogens (tertiary/aromatic N) is 1. The zero-order chi connectivity index (χ0) is 38.1. The zero-order valence-electron chi connectivity index (χ0n) is 33.6. The summed E-state index contributed by atoms with van der Waals surface area (Å²) in [5, 5.41) is 3.81. The van der Waals surface area contributed by atoms with Gasteiger partial charge in [-0.25, -0.2) is 0 Å². The fourth-order valence-corrected chi connectivity index (χ4v) is 12.3. The minimum atomic E-state index is -0.143. The van der Waals surface area contributed by atoms with Crippen LogP contribution in [-0.4, -0.2) is 5.71 Å². The van der Waals surface area contributed by atoms with Crippen molar-refractivity contribution in [2.45, 2.75) is 89.6 Å². The lowest BCUT2D eigenvalue weighted by atomic mass is 9.62. The highest BCUT2D eigenvalue weighted by atomic mass is 15.1. The number of aliphatic imine (C=N–C) groups is 1. The van der Waals surface area contributed by atoms with Crippen molar-refractivity contribution < 1.29 is 0 Å². The summed E-state index contributed by atoms with van der Waals surface area (Å²) in [6.45, 7) is 4.97. The SMILES string of the molecule is CC1(C)C2=CC3C4CCCC=C4C4(CCCCC4)C3C=C2c2c(-c3ccc(C4=NC(c5ccccc5)NC(C5=CC=C(c6ccccc6)CC5)=C4)cc3)cccc21. The van der Waals surface area contributed by atoms with Crippen molar-refractivity contribution in [2.75, 3.05) is 0 Å². The molecule has 1 aliphatic heterocycles. The van der Waals surface area contributed by atoms with Gasteiger partial charge < -0.3 is 5.32 Å². The third-order valence-corrected chi connectivity index (χ3v) is 15.1. The quantitative estimate of drug-likeness (QED) is 0.202. The molecule has 2 fully saturated rings. The number of hydrogen-bond acceptors (Lipinski definition) is 2. The van der Waals surface area contributed by atoms with Gasteiger partial charge in [0.1, 0.15) is 6.17 Å². The average Bonchev–Trinajstić information content (AvgIpc) is 3.67. The third kappa shape index (κ3) is 5.69. The van der Waals surface area contributed by atoms with Crippen molar-refractivity contribution in [3.8, 4) is 11.1 Å². The molecule has 6 aliphatic carbocycles. The van der Waals surface area contributed by atoms with E-state index >= 15 is 0 Å². The Morgan fingerprint density at radius 2 is 1.42 bits per heavy atom. The first-order chi connectivity index (χ1) is 28.0.